The first-order valence-electron chi connectivity index (χ1n) is 8.39. The maximum absolute atomic E-state index is 12.2. The molecule has 148 valence electrons. The number of alkyl halides is 1. The SMILES string of the molecule is CC(=O)Nc1cc2c(cc1[N+](=O)[O-])C(NC(=O)CCCCl)C(O)C(C)(C)O2. The van der Waals surface area contributed by atoms with Gasteiger partial charge >= 0.3 is 0 Å². The van der Waals surface area contributed by atoms with E-state index in [1.54, 1.807) is 13.8 Å². The zero-order valence-corrected chi connectivity index (χ0v) is 16.0. The summed E-state index contributed by atoms with van der Waals surface area (Å²) in [4.78, 5) is 34.3. The first-order valence-corrected chi connectivity index (χ1v) is 8.92. The second-order valence-corrected chi connectivity index (χ2v) is 7.21. The molecule has 0 radical (unpaired) electrons. The lowest BCUT2D eigenvalue weighted by Gasteiger charge is -2.42. The van der Waals surface area contributed by atoms with E-state index < -0.39 is 28.6 Å². The molecule has 10 heteroatoms. The summed E-state index contributed by atoms with van der Waals surface area (Å²) in [5.41, 5.74) is -1.19. The third-order valence-corrected chi connectivity index (χ3v) is 4.49. The van der Waals surface area contributed by atoms with Crippen LogP contribution in [0.5, 0.6) is 5.75 Å². The summed E-state index contributed by atoms with van der Waals surface area (Å²) in [5.74, 6) is -0.254. The van der Waals surface area contributed by atoms with Crippen molar-refractivity contribution < 1.29 is 24.4 Å². The van der Waals surface area contributed by atoms with Crippen LogP contribution in [0.2, 0.25) is 0 Å². The lowest BCUT2D eigenvalue weighted by Crippen LogP contribution is -2.53. The molecule has 1 aromatic carbocycles. The lowest BCUT2D eigenvalue weighted by molar-refractivity contribution is -0.384. The summed E-state index contributed by atoms with van der Waals surface area (Å²) in [6.45, 7) is 4.51. The van der Waals surface area contributed by atoms with E-state index in [0.717, 1.165) is 0 Å². The van der Waals surface area contributed by atoms with Crippen molar-refractivity contribution in [3.05, 3.63) is 27.8 Å². The summed E-state index contributed by atoms with van der Waals surface area (Å²) in [7, 11) is 0. The number of nitro benzene ring substituents is 1. The monoisotopic (exact) mass is 399 g/mol. The molecule has 2 rings (SSSR count). The molecule has 0 saturated carbocycles. The van der Waals surface area contributed by atoms with Gasteiger partial charge in [-0.2, -0.15) is 0 Å². The average molecular weight is 400 g/mol. The van der Waals surface area contributed by atoms with E-state index in [4.69, 9.17) is 16.3 Å². The average Bonchev–Trinajstić information content (AvgIpc) is 2.55. The number of nitrogens with one attached hydrogen (secondary N) is 2. The summed E-state index contributed by atoms with van der Waals surface area (Å²) >= 11 is 5.60. The second kappa shape index (κ2) is 8.10. The number of fused-ring (bicyclic) bond motifs is 1. The van der Waals surface area contributed by atoms with Crippen LogP contribution in [0.4, 0.5) is 11.4 Å². The Hall–Kier alpha value is -2.39. The number of ether oxygens (including phenoxy) is 1. The minimum Gasteiger partial charge on any atom is -0.485 e. The fraction of sp³-hybridized carbons (Fsp3) is 0.529. The van der Waals surface area contributed by atoms with Crippen LogP contribution in [0.15, 0.2) is 12.1 Å². The first kappa shape index (κ1) is 20.9. The molecule has 9 nitrogen and oxygen atoms in total. The second-order valence-electron chi connectivity index (χ2n) is 6.83. The molecule has 27 heavy (non-hydrogen) atoms. The molecule has 2 amide bonds. The number of hydrogen-bond donors (Lipinski definition) is 3. The molecule has 1 aliphatic heterocycles. The molecule has 3 N–H and O–H groups in total. The number of carbonyl (C=O) groups is 2. The predicted octanol–water partition coefficient (Wildman–Crippen LogP) is 2.26. The zero-order valence-electron chi connectivity index (χ0n) is 15.2. The highest BCUT2D eigenvalue weighted by molar-refractivity contribution is 6.17. The molecule has 2 unspecified atom stereocenters. The van der Waals surface area contributed by atoms with Crippen molar-refractivity contribution in [1.82, 2.24) is 5.32 Å². The first-order chi connectivity index (χ1) is 12.6. The Labute approximate surface area is 161 Å². The Bertz CT molecular complexity index is 767. The maximum Gasteiger partial charge on any atom is 0.293 e. The van der Waals surface area contributed by atoms with Gasteiger partial charge in [0.15, 0.2) is 0 Å². The van der Waals surface area contributed by atoms with Crippen molar-refractivity contribution >= 4 is 34.8 Å². The van der Waals surface area contributed by atoms with Crippen molar-refractivity contribution in [3.63, 3.8) is 0 Å². The molecule has 0 aliphatic carbocycles. The molecule has 0 aromatic heterocycles. The number of amides is 2. The van der Waals surface area contributed by atoms with Gasteiger partial charge in [-0.1, -0.05) is 0 Å². The number of anilines is 1. The third-order valence-electron chi connectivity index (χ3n) is 4.23. The number of rotatable bonds is 6. The van der Waals surface area contributed by atoms with Gasteiger partial charge in [-0.25, -0.2) is 0 Å². The van der Waals surface area contributed by atoms with Gasteiger partial charge in [0.1, 0.15) is 23.1 Å². The zero-order chi connectivity index (χ0) is 20.4. The largest absolute Gasteiger partial charge is 0.485 e. The molecule has 1 aromatic rings. The van der Waals surface area contributed by atoms with Gasteiger partial charge in [-0.3, -0.25) is 19.7 Å². The highest BCUT2D eigenvalue weighted by Gasteiger charge is 2.44. The van der Waals surface area contributed by atoms with Crippen molar-refractivity contribution in [2.24, 2.45) is 0 Å². The van der Waals surface area contributed by atoms with E-state index in [9.17, 15) is 24.8 Å². The van der Waals surface area contributed by atoms with E-state index in [0.29, 0.717) is 12.3 Å². The Morgan fingerprint density at radius 1 is 1.41 bits per heavy atom. The van der Waals surface area contributed by atoms with Crippen molar-refractivity contribution in [3.8, 4) is 5.75 Å². The lowest BCUT2D eigenvalue weighted by atomic mass is 9.86. The van der Waals surface area contributed by atoms with E-state index in [1.807, 2.05) is 0 Å². The number of halogens is 1. The number of aliphatic hydroxyl groups excluding tert-OH is 1. The predicted molar refractivity (Wildman–Crippen MR) is 99.0 cm³/mol. The van der Waals surface area contributed by atoms with Crippen LogP contribution in [-0.2, 0) is 9.59 Å². The van der Waals surface area contributed by atoms with Gasteiger partial charge < -0.3 is 20.5 Å². The van der Waals surface area contributed by atoms with E-state index in [2.05, 4.69) is 10.6 Å². The number of benzene rings is 1. The fourth-order valence-electron chi connectivity index (χ4n) is 2.90. The number of hydrogen-bond acceptors (Lipinski definition) is 6. The summed E-state index contributed by atoms with van der Waals surface area (Å²) in [6.07, 6.45) is -0.517. The third kappa shape index (κ3) is 4.67. The molecular formula is C17H22ClN3O6. The van der Waals surface area contributed by atoms with Gasteiger partial charge in [-0.15, -0.1) is 11.6 Å². The van der Waals surface area contributed by atoms with Gasteiger partial charge in [0.05, 0.1) is 11.0 Å². The fourth-order valence-corrected chi connectivity index (χ4v) is 3.04. The standard InChI is InChI=1S/C17H22ClN3O6/c1-9(22)19-11-8-13-10(7-12(11)21(25)26)15(16(24)17(2,3)27-13)20-14(23)5-4-6-18/h7-8,15-16,24H,4-6H2,1-3H3,(H,19,22)(H,20,23). The minimum absolute atomic E-state index is 0.0225. The quantitative estimate of drug-likeness (QED) is 0.382. The Balaban J connectivity index is 2.51. The molecule has 0 saturated heterocycles. The van der Waals surface area contributed by atoms with Crippen molar-refractivity contribution in [2.75, 3.05) is 11.2 Å². The molecular weight excluding hydrogens is 378 g/mol. The van der Waals surface area contributed by atoms with Crippen molar-refractivity contribution in [2.45, 2.75) is 51.4 Å². The normalized spacial score (nSPS) is 20.2. The van der Waals surface area contributed by atoms with Gasteiger partial charge in [0.2, 0.25) is 11.8 Å². The Morgan fingerprint density at radius 2 is 2.07 bits per heavy atom. The summed E-state index contributed by atoms with van der Waals surface area (Å²) < 4.78 is 5.79. The highest BCUT2D eigenvalue weighted by Crippen LogP contribution is 2.44. The van der Waals surface area contributed by atoms with Gasteiger partial charge in [0.25, 0.3) is 5.69 Å². The van der Waals surface area contributed by atoms with Crippen LogP contribution in [0.1, 0.15) is 45.2 Å². The number of nitrogens with zero attached hydrogens (tertiary/aromatic N) is 1. The number of nitro groups is 1. The van der Waals surface area contributed by atoms with Gasteiger partial charge in [-0.05, 0) is 20.3 Å². The van der Waals surface area contributed by atoms with E-state index >= 15 is 0 Å². The van der Waals surface area contributed by atoms with Crippen LogP contribution in [0.25, 0.3) is 0 Å². The topological polar surface area (TPSA) is 131 Å². The maximum atomic E-state index is 12.2. The van der Waals surface area contributed by atoms with Crippen LogP contribution < -0.4 is 15.4 Å². The van der Waals surface area contributed by atoms with E-state index in [-0.39, 0.29) is 35.0 Å². The van der Waals surface area contributed by atoms with Crippen molar-refractivity contribution in [1.29, 1.82) is 0 Å². The van der Waals surface area contributed by atoms with Crippen LogP contribution >= 0.6 is 11.6 Å². The summed E-state index contributed by atoms with van der Waals surface area (Å²) in [6, 6.07) is 1.63. The highest BCUT2D eigenvalue weighted by atomic mass is 35.5. The molecule has 0 bridgehead atoms. The van der Waals surface area contributed by atoms with E-state index in [1.165, 1.54) is 19.1 Å². The Kier molecular flexibility index (Phi) is 6.27. The smallest absolute Gasteiger partial charge is 0.293 e. The number of carbonyl (C=O) groups excluding carboxylic acids is 2. The van der Waals surface area contributed by atoms with Crippen LogP contribution in [0.3, 0.4) is 0 Å². The molecule has 2 atom stereocenters. The van der Waals surface area contributed by atoms with Crippen LogP contribution in [0, 0.1) is 10.1 Å². The van der Waals surface area contributed by atoms with Crippen LogP contribution in [-0.4, -0.2) is 39.4 Å². The number of aliphatic hydroxyl groups is 1. The minimum atomic E-state index is -1.14. The molecule has 1 aliphatic rings. The summed E-state index contributed by atoms with van der Waals surface area (Å²) in [5, 5.41) is 27.2. The Morgan fingerprint density at radius 3 is 2.63 bits per heavy atom. The molecule has 0 fully saturated rings. The van der Waals surface area contributed by atoms with Gasteiger partial charge in [0, 0.05) is 36.9 Å². The molecule has 0 spiro atoms. The molecule has 1 heterocycles.